The fourth-order valence-electron chi connectivity index (χ4n) is 3.17. The summed E-state index contributed by atoms with van der Waals surface area (Å²) in [5, 5.41) is 10.5. The van der Waals surface area contributed by atoms with Gasteiger partial charge in [0.2, 0.25) is 5.91 Å². The summed E-state index contributed by atoms with van der Waals surface area (Å²) in [7, 11) is 1.79. The Balaban J connectivity index is 1.63. The summed E-state index contributed by atoms with van der Waals surface area (Å²) in [6, 6.07) is 8.09. The average molecular weight is 275 g/mol. The second-order valence-corrected chi connectivity index (χ2v) is 5.99. The molecular weight excluding hydrogens is 254 g/mol. The molecular formula is C16H21NO3. The molecule has 0 saturated carbocycles. The lowest BCUT2D eigenvalue weighted by molar-refractivity contribution is -0.138. The Morgan fingerprint density at radius 3 is 2.80 bits per heavy atom. The third-order valence-electron chi connectivity index (χ3n) is 4.48. The van der Waals surface area contributed by atoms with Gasteiger partial charge in [-0.1, -0.05) is 24.3 Å². The molecule has 1 heterocycles. The van der Waals surface area contributed by atoms with Crippen LogP contribution in [0, 0.1) is 0 Å². The van der Waals surface area contributed by atoms with Crippen molar-refractivity contribution in [2.75, 3.05) is 26.8 Å². The van der Waals surface area contributed by atoms with E-state index < -0.39 is 5.60 Å². The molecule has 1 aliphatic heterocycles. The minimum absolute atomic E-state index is 0.0281. The zero-order valence-corrected chi connectivity index (χ0v) is 11.8. The summed E-state index contributed by atoms with van der Waals surface area (Å²) in [5.41, 5.74) is 1.62. The molecule has 1 fully saturated rings. The average Bonchev–Trinajstić information content (AvgIpc) is 2.40. The van der Waals surface area contributed by atoms with Crippen LogP contribution in [0.15, 0.2) is 24.3 Å². The van der Waals surface area contributed by atoms with Crippen LogP contribution in [0.25, 0.3) is 0 Å². The number of fused-ring (bicyclic) bond motifs is 1. The molecule has 0 aromatic heterocycles. The monoisotopic (exact) mass is 275 g/mol. The molecule has 1 saturated heterocycles. The van der Waals surface area contributed by atoms with Gasteiger partial charge >= 0.3 is 0 Å². The quantitative estimate of drug-likeness (QED) is 0.905. The van der Waals surface area contributed by atoms with E-state index in [1.165, 1.54) is 5.56 Å². The fraction of sp³-hybridized carbons (Fsp3) is 0.562. The smallest absolute Gasteiger partial charge is 0.230 e. The highest BCUT2D eigenvalue weighted by Gasteiger charge is 2.37. The normalized spacial score (nSPS) is 23.6. The van der Waals surface area contributed by atoms with Crippen molar-refractivity contribution in [3.8, 4) is 0 Å². The van der Waals surface area contributed by atoms with Crippen molar-refractivity contribution in [1.29, 1.82) is 0 Å². The number of benzene rings is 1. The molecule has 1 aromatic rings. The maximum absolute atomic E-state index is 12.5. The zero-order valence-electron chi connectivity index (χ0n) is 11.8. The van der Waals surface area contributed by atoms with E-state index >= 15 is 0 Å². The van der Waals surface area contributed by atoms with Crippen LogP contribution in [0.2, 0.25) is 0 Å². The van der Waals surface area contributed by atoms with Gasteiger partial charge in [0, 0.05) is 39.6 Å². The summed E-state index contributed by atoms with van der Waals surface area (Å²) in [6.07, 6.45) is 2.03. The van der Waals surface area contributed by atoms with E-state index in [0.29, 0.717) is 32.6 Å². The number of likely N-dealkylation sites (N-methyl/N-ethyl adjacent to an activating group) is 1. The van der Waals surface area contributed by atoms with Gasteiger partial charge in [-0.25, -0.2) is 0 Å². The number of aliphatic hydroxyl groups is 1. The summed E-state index contributed by atoms with van der Waals surface area (Å²) >= 11 is 0. The number of nitrogens with zero attached hydrogens (tertiary/aromatic N) is 1. The van der Waals surface area contributed by atoms with Gasteiger partial charge in [-0.3, -0.25) is 4.79 Å². The van der Waals surface area contributed by atoms with Gasteiger partial charge in [0.25, 0.3) is 0 Å². The minimum atomic E-state index is -0.786. The molecule has 4 heteroatoms. The minimum Gasteiger partial charge on any atom is -0.388 e. The Kier molecular flexibility index (Phi) is 3.52. The van der Waals surface area contributed by atoms with Crippen LogP contribution in [-0.4, -0.2) is 48.3 Å². The van der Waals surface area contributed by atoms with Crippen LogP contribution in [0.1, 0.15) is 29.9 Å². The van der Waals surface area contributed by atoms with E-state index in [9.17, 15) is 9.90 Å². The molecule has 0 radical (unpaired) electrons. The predicted molar refractivity (Wildman–Crippen MR) is 75.5 cm³/mol. The van der Waals surface area contributed by atoms with Crippen LogP contribution < -0.4 is 0 Å². The molecule has 1 atom stereocenters. The standard InChI is InChI=1S/C16H21NO3/c1-17(11-16(19)6-8-20-9-7-16)15(18)14-10-12-4-2-3-5-13(12)14/h2-5,14,19H,6-11H2,1H3. The highest BCUT2D eigenvalue weighted by Crippen LogP contribution is 2.36. The molecule has 20 heavy (non-hydrogen) atoms. The lowest BCUT2D eigenvalue weighted by atomic mass is 9.76. The van der Waals surface area contributed by atoms with Crippen molar-refractivity contribution >= 4 is 5.91 Å². The molecule has 1 amide bonds. The van der Waals surface area contributed by atoms with Crippen molar-refractivity contribution in [2.45, 2.75) is 30.8 Å². The summed E-state index contributed by atoms with van der Waals surface area (Å²) in [6.45, 7) is 1.55. The third-order valence-corrected chi connectivity index (χ3v) is 4.48. The molecule has 1 unspecified atom stereocenters. The Morgan fingerprint density at radius 1 is 1.40 bits per heavy atom. The predicted octanol–water partition coefficient (Wildman–Crippen LogP) is 1.33. The molecule has 4 nitrogen and oxygen atoms in total. The van der Waals surface area contributed by atoms with E-state index in [4.69, 9.17) is 4.74 Å². The van der Waals surface area contributed by atoms with Gasteiger partial charge < -0.3 is 14.7 Å². The SMILES string of the molecule is CN(CC1(O)CCOCC1)C(=O)C1Cc2ccccc21. The number of carbonyl (C=O) groups is 1. The van der Waals surface area contributed by atoms with Crippen molar-refractivity contribution in [1.82, 2.24) is 4.90 Å². The van der Waals surface area contributed by atoms with Crippen molar-refractivity contribution in [2.24, 2.45) is 0 Å². The molecule has 3 rings (SSSR count). The first kappa shape index (κ1) is 13.6. The molecule has 0 bridgehead atoms. The van der Waals surface area contributed by atoms with E-state index in [-0.39, 0.29) is 11.8 Å². The largest absolute Gasteiger partial charge is 0.388 e. The highest BCUT2D eigenvalue weighted by atomic mass is 16.5. The third kappa shape index (κ3) is 2.45. The molecule has 1 aromatic carbocycles. The van der Waals surface area contributed by atoms with Gasteiger partial charge in [0.15, 0.2) is 0 Å². The first-order valence-corrected chi connectivity index (χ1v) is 7.22. The van der Waals surface area contributed by atoms with E-state index in [2.05, 4.69) is 6.07 Å². The molecule has 1 N–H and O–H groups in total. The Bertz CT molecular complexity index is 508. The maximum atomic E-state index is 12.5. The second-order valence-electron chi connectivity index (χ2n) is 5.99. The maximum Gasteiger partial charge on any atom is 0.230 e. The van der Waals surface area contributed by atoms with Gasteiger partial charge in [-0.15, -0.1) is 0 Å². The Labute approximate surface area is 119 Å². The number of rotatable bonds is 3. The number of carbonyl (C=O) groups excluding carboxylic acids is 1. The van der Waals surface area contributed by atoms with Crippen molar-refractivity contribution in [3.05, 3.63) is 35.4 Å². The molecule has 0 spiro atoms. The number of amides is 1. The van der Waals surface area contributed by atoms with Gasteiger partial charge in [0.05, 0.1) is 11.5 Å². The summed E-state index contributed by atoms with van der Waals surface area (Å²) in [4.78, 5) is 14.2. The Morgan fingerprint density at radius 2 is 2.10 bits per heavy atom. The molecule has 2 aliphatic rings. The number of hydrogen-bond donors (Lipinski definition) is 1. The van der Waals surface area contributed by atoms with Crippen LogP contribution in [0.3, 0.4) is 0 Å². The van der Waals surface area contributed by atoms with Crippen molar-refractivity contribution < 1.29 is 14.6 Å². The summed E-state index contributed by atoms with van der Waals surface area (Å²) in [5.74, 6) is 0.0863. The lowest BCUT2D eigenvalue weighted by Gasteiger charge is -2.38. The van der Waals surface area contributed by atoms with Crippen molar-refractivity contribution in [3.63, 3.8) is 0 Å². The van der Waals surface area contributed by atoms with Gasteiger partial charge in [0.1, 0.15) is 0 Å². The Hall–Kier alpha value is -1.39. The highest BCUT2D eigenvalue weighted by molar-refractivity contribution is 5.86. The van der Waals surface area contributed by atoms with Crippen LogP contribution in [0.4, 0.5) is 0 Å². The zero-order chi connectivity index (χ0) is 14.2. The second kappa shape index (κ2) is 5.19. The number of hydrogen-bond acceptors (Lipinski definition) is 3. The lowest BCUT2D eigenvalue weighted by Crippen LogP contribution is -2.49. The first-order valence-electron chi connectivity index (χ1n) is 7.22. The first-order chi connectivity index (χ1) is 9.59. The van der Waals surface area contributed by atoms with E-state index in [1.807, 2.05) is 18.2 Å². The fourth-order valence-corrected chi connectivity index (χ4v) is 3.17. The van der Waals surface area contributed by atoms with Gasteiger partial charge in [-0.05, 0) is 17.5 Å². The number of ether oxygens (including phenoxy) is 1. The molecule has 1 aliphatic carbocycles. The molecule has 108 valence electrons. The van der Waals surface area contributed by atoms with E-state index in [1.54, 1.807) is 11.9 Å². The van der Waals surface area contributed by atoms with Crippen LogP contribution in [0.5, 0.6) is 0 Å². The van der Waals surface area contributed by atoms with E-state index in [0.717, 1.165) is 12.0 Å². The van der Waals surface area contributed by atoms with Crippen LogP contribution in [-0.2, 0) is 16.0 Å². The van der Waals surface area contributed by atoms with Gasteiger partial charge in [-0.2, -0.15) is 0 Å². The topological polar surface area (TPSA) is 49.8 Å². The summed E-state index contributed by atoms with van der Waals surface area (Å²) < 4.78 is 5.27. The van der Waals surface area contributed by atoms with Crippen LogP contribution >= 0.6 is 0 Å².